The van der Waals surface area contributed by atoms with Gasteiger partial charge in [0.25, 0.3) is 5.91 Å². The zero-order valence-corrected chi connectivity index (χ0v) is 15.2. The van der Waals surface area contributed by atoms with Crippen LogP contribution in [0.5, 0.6) is 0 Å². The van der Waals surface area contributed by atoms with Crippen LogP contribution in [-0.4, -0.2) is 16.8 Å². The van der Waals surface area contributed by atoms with Crippen LogP contribution in [0.1, 0.15) is 47.4 Å². The summed E-state index contributed by atoms with van der Waals surface area (Å²) in [4.78, 5) is 28.4. The molecule has 0 aliphatic heterocycles. The molecule has 1 heterocycles. The Labute approximate surface area is 148 Å². The number of carbonyl (C=O) groups is 2. The number of amides is 2. The van der Waals surface area contributed by atoms with Crippen molar-refractivity contribution in [2.24, 2.45) is 5.92 Å². The van der Waals surface area contributed by atoms with Gasteiger partial charge in [-0.2, -0.15) is 0 Å². The van der Waals surface area contributed by atoms with Gasteiger partial charge in [-0.3, -0.25) is 14.6 Å². The molecule has 5 heteroatoms. The van der Waals surface area contributed by atoms with E-state index in [2.05, 4.69) is 15.6 Å². The third-order valence-corrected chi connectivity index (χ3v) is 3.76. The van der Waals surface area contributed by atoms with Crippen molar-refractivity contribution in [3.05, 3.63) is 58.9 Å². The van der Waals surface area contributed by atoms with Gasteiger partial charge in [0.05, 0.1) is 12.2 Å². The van der Waals surface area contributed by atoms with Crippen LogP contribution in [0.4, 0.5) is 5.69 Å². The molecular weight excluding hydrogens is 314 g/mol. The monoisotopic (exact) mass is 339 g/mol. The Kier molecular flexibility index (Phi) is 6.28. The summed E-state index contributed by atoms with van der Waals surface area (Å²) in [7, 11) is 0. The fourth-order valence-corrected chi connectivity index (χ4v) is 2.49. The highest BCUT2D eigenvalue weighted by molar-refractivity contribution is 5.96. The second-order valence-electron chi connectivity index (χ2n) is 6.68. The number of hydrogen-bond donors (Lipinski definition) is 2. The van der Waals surface area contributed by atoms with E-state index >= 15 is 0 Å². The van der Waals surface area contributed by atoms with E-state index in [0.29, 0.717) is 24.4 Å². The van der Waals surface area contributed by atoms with Gasteiger partial charge in [0.1, 0.15) is 0 Å². The number of nitrogens with zero attached hydrogens (tertiary/aromatic N) is 1. The number of rotatable bonds is 6. The highest BCUT2D eigenvalue weighted by Crippen LogP contribution is 2.17. The van der Waals surface area contributed by atoms with E-state index in [4.69, 9.17) is 0 Å². The lowest BCUT2D eigenvalue weighted by atomic mass is 10.1. The lowest BCUT2D eigenvalue weighted by Gasteiger charge is -2.11. The molecule has 2 N–H and O–H groups in total. The summed E-state index contributed by atoms with van der Waals surface area (Å²) in [6, 6.07) is 9.13. The molecule has 0 spiro atoms. The van der Waals surface area contributed by atoms with Crippen LogP contribution in [0.3, 0.4) is 0 Å². The van der Waals surface area contributed by atoms with Crippen molar-refractivity contribution < 1.29 is 9.59 Å². The predicted molar refractivity (Wildman–Crippen MR) is 99.4 cm³/mol. The molecule has 0 aliphatic carbocycles. The molecule has 132 valence electrons. The van der Waals surface area contributed by atoms with Crippen molar-refractivity contribution in [3.8, 4) is 0 Å². The van der Waals surface area contributed by atoms with Crippen LogP contribution < -0.4 is 10.6 Å². The largest absolute Gasteiger partial charge is 0.346 e. The Bertz CT molecular complexity index is 769. The summed E-state index contributed by atoms with van der Waals surface area (Å²) in [5.41, 5.74) is 4.09. The second kappa shape index (κ2) is 8.42. The van der Waals surface area contributed by atoms with Crippen molar-refractivity contribution in [2.75, 3.05) is 5.32 Å². The zero-order valence-electron chi connectivity index (χ0n) is 15.2. The quantitative estimate of drug-likeness (QED) is 0.844. The first-order valence-electron chi connectivity index (χ1n) is 8.45. The van der Waals surface area contributed by atoms with E-state index in [-0.39, 0.29) is 11.8 Å². The summed E-state index contributed by atoms with van der Waals surface area (Å²) in [5, 5.41) is 5.76. The SMILES string of the molecule is Cc1ccnc(CNC(=O)c2ccc(NC(=O)CC(C)C)c(C)c2)c1. The summed E-state index contributed by atoms with van der Waals surface area (Å²) >= 11 is 0. The Hall–Kier alpha value is -2.69. The highest BCUT2D eigenvalue weighted by Gasteiger charge is 2.11. The number of aromatic nitrogens is 1. The molecule has 2 rings (SSSR count). The molecule has 0 saturated carbocycles. The Balaban J connectivity index is 1.99. The van der Waals surface area contributed by atoms with Gasteiger partial charge in [0, 0.05) is 23.9 Å². The molecule has 0 aliphatic rings. The number of benzene rings is 1. The van der Waals surface area contributed by atoms with Crippen molar-refractivity contribution in [2.45, 2.75) is 40.7 Å². The van der Waals surface area contributed by atoms with Gasteiger partial charge in [0.15, 0.2) is 0 Å². The van der Waals surface area contributed by atoms with E-state index in [9.17, 15) is 9.59 Å². The molecule has 0 atom stereocenters. The van der Waals surface area contributed by atoms with Crippen LogP contribution in [0.25, 0.3) is 0 Å². The molecule has 25 heavy (non-hydrogen) atoms. The topological polar surface area (TPSA) is 71.1 Å². The van der Waals surface area contributed by atoms with Crippen LogP contribution in [0.2, 0.25) is 0 Å². The average molecular weight is 339 g/mol. The molecule has 0 bridgehead atoms. The normalized spacial score (nSPS) is 10.6. The molecule has 5 nitrogen and oxygen atoms in total. The summed E-state index contributed by atoms with van der Waals surface area (Å²) in [6.45, 7) is 8.25. The first kappa shape index (κ1) is 18.6. The van der Waals surface area contributed by atoms with E-state index in [1.165, 1.54) is 0 Å². The molecule has 1 aromatic heterocycles. The van der Waals surface area contributed by atoms with Crippen LogP contribution in [0.15, 0.2) is 36.5 Å². The zero-order chi connectivity index (χ0) is 18.4. The minimum Gasteiger partial charge on any atom is -0.346 e. The van der Waals surface area contributed by atoms with Gasteiger partial charge in [-0.05, 0) is 61.2 Å². The molecule has 0 radical (unpaired) electrons. The van der Waals surface area contributed by atoms with Gasteiger partial charge < -0.3 is 10.6 Å². The number of pyridine rings is 1. The van der Waals surface area contributed by atoms with Gasteiger partial charge >= 0.3 is 0 Å². The third kappa shape index (κ3) is 5.71. The third-order valence-electron chi connectivity index (χ3n) is 3.76. The van der Waals surface area contributed by atoms with E-state index in [0.717, 1.165) is 22.5 Å². The Morgan fingerprint density at radius 2 is 1.88 bits per heavy atom. The fourth-order valence-electron chi connectivity index (χ4n) is 2.49. The van der Waals surface area contributed by atoms with Gasteiger partial charge in [-0.25, -0.2) is 0 Å². The highest BCUT2D eigenvalue weighted by atomic mass is 16.2. The second-order valence-corrected chi connectivity index (χ2v) is 6.68. The van der Waals surface area contributed by atoms with Gasteiger partial charge in [-0.15, -0.1) is 0 Å². The summed E-state index contributed by atoms with van der Waals surface area (Å²) in [5.74, 6) is 0.132. The maximum atomic E-state index is 12.3. The van der Waals surface area contributed by atoms with Crippen LogP contribution in [-0.2, 0) is 11.3 Å². The minimum atomic E-state index is -0.161. The van der Waals surface area contributed by atoms with E-state index < -0.39 is 0 Å². The standard InChI is InChI=1S/C20H25N3O2/c1-13(2)9-19(24)23-18-6-5-16(11-15(18)4)20(25)22-12-17-10-14(3)7-8-21-17/h5-8,10-11,13H,9,12H2,1-4H3,(H,22,25)(H,23,24). The van der Waals surface area contributed by atoms with Crippen LogP contribution in [0, 0.1) is 19.8 Å². The number of aryl methyl sites for hydroxylation is 2. The molecule has 2 amide bonds. The molecular formula is C20H25N3O2. The molecule has 1 aromatic carbocycles. The molecule has 0 unspecified atom stereocenters. The van der Waals surface area contributed by atoms with Crippen LogP contribution >= 0.6 is 0 Å². The lowest BCUT2D eigenvalue weighted by Crippen LogP contribution is -2.23. The van der Waals surface area contributed by atoms with Crippen molar-refractivity contribution >= 4 is 17.5 Å². The minimum absolute atomic E-state index is 0.0131. The predicted octanol–water partition coefficient (Wildman–Crippen LogP) is 3.61. The van der Waals surface area contributed by atoms with Crippen molar-refractivity contribution in [1.29, 1.82) is 0 Å². The van der Waals surface area contributed by atoms with E-state index in [1.807, 2.05) is 39.8 Å². The molecule has 0 fully saturated rings. The number of nitrogens with one attached hydrogen (secondary N) is 2. The molecule has 2 aromatic rings. The first-order chi connectivity index (χ1) is 11.8. The number of anilines is 1. The van der Waals surface area contributed by atoms with Crippen molar-refractivity contribution in [1.82, 2.24) is 10.3 Å². The maximum absolute atomic E-state index is 12.3. The summed E-state index contributed by atoms with van der Waals surface area (Å²) < 4.78 is 0. The van der Waals surface area contributed by atoms with E-state index in [1.54, 1.807) is 24.4 Å². The number of hydrogen-bond acceptors (Lipinski definition) is 3. The average Bonchev–Trinajstić information content (AvgIpc) is 2.54. The number of carbonyl (C=O) groups excluding carboxylic acids is 2. The Morgan fingerprint density at radius 3 is 2.52 bits per heavy atom. The Morgan fingerprint density at radius 1 is 1.12 bits per heavy atom. The van der Waals surface area contributed by atoms with Crippen molar-refractivity contribution in [3.63, 3.8) is 0 Å². The fraction of sp³-hybridized carbons (Fsp3) is 0.350. The first-order valence-corrected chi connectivity index (χ1v) is 8.45. The summed E-state index contributed by atoms with van der Waals surface area (Å²) in [6.07, 6.45) is 2.21. The van der Waals surface area contributed by atoms with Gasteiger partial charge in [-0.1, -0.05) is 13.8 Å². The maximum Gasteiger partial charge on any atom is 0.251 e. The lowest BCUT2D eigenvalue weighted by molar-refractivity contribution is -0.116. The molecule has 0 saturated heterocycles. The smallest absolute Gasteiger partial charge is 0.251 e. The van der Waals surface area contributed by atoms with Gasteiger partial charge in [0.2, 0.25) is 5.91 Å².